The number of aromatic nitrogens is 4. The highest BCUT2D eigenvalue weighted by Gasteiger charge is 2.32. The number of imidazole rings is 1. The van der Waals surface area contributed by atoms with Crippen LogP contribution in [0.5, 0.6) is 11.5 Å². The number of methoxy groups -OCH3 is 2. The van der Waals surface area contributed by atoms with Crippen LogP contribution in [-0.2, 0) is 25.3 Å². The Bertz CT molecular complexity index is 2580. The number of hydrogen-bond acceptors (Lipinski definition) is 7. The highest BCUT2D eigenvalue weighted by Crippen LogP contribution is 2.31. The summed E-state index contributed by atoms with van der Waals surface area (Å²) in [6.07, 6.45) is -5.45. The minimum atomic E-state index is -4.56. The van der Waals surface area contributed by atoms with E-state index >= 15 is 0 Å². The van der Waals surface area contributed by atoms with Crippen LogP contribution in [0.1, 0.15) is 54.5 Å². The average Bonchev–Trinajstić information content (AvgIpc) is 3.73. The summed E-state index contributed by atoms with van der Waals surface area (Å²) < 4.78 is 90.8. The smallest absolute Gasteiger partial charge is 0.416 e. The van der Waals surface area contributed by atoms with Gasteiger partial charge in [-0.2, -0.15) is 26.3 Å². The molecule has 18 heteroatoms. The molecule has 314 valence electrons. The summed E-state index contributed by atoms with van der Waals surface area (Å²) in [5.41, 5.74) is -1.11. The molecule has 0 aliphatic rings. The zero-order chi connectivity index (χ0) is 43.8. The van der Waals surface area contributed by atoms with E-state index in [0.717, 1.165) is 39.1 Å². The molecule has 3 aromatic carbocycles. The number of aromatic amines is 1. The summed E-state index contributed by atoms with van der Waals surface area (Å²) in [6, 6.07) is 19.7. The lowest BCUT2D eigenvalue weighted by molar-refractivity contribution is -0.138. The van der Waals surface area contributed by atoms with Crippen molar-refractivity contribution in [3.8, 4) is 22.9 Å². The molecule has 12 nitrogen and oxygen atoms in total. The lowest BCUT2D eigenvalue weighted by atomic mass is 10.1. The van der Waals surface area contributed by atoms with Crippen molar-refractivity contribution < 1.29 is 45.4 Å². The number of carbonyl (C=O) groups excluding carboxylic acids is 2. The van der Waals surface area contributed by atoms with E-state index in [4.69, 9.17) is 9.47 Å². The Hall–Kier alpha value is -7.11. The Kier molecular flexibility index (Phi) is 13.7. The van der Waals surface area contributed by atoms with Crippen molar-refractivity contribution in [3.63, 3.8) is 0 Å². The minimum Gasteiger partial charge on any atom is -0.497 e. The second kappa shape index (κ2) is 18.6. The van der Waals surface area contributed by atoms with Crippen molar-refractivity contribution in [2.75, 3.05) is 20.8 Å². The van der Waals surface area contributed by atoms with Gasteiger partial charge in [-0.25, -0.2) is 4.98 Å². The molecule has 3 heterocycles. The molecular weight excluding hydrogens is 798 g/mol. The fraction of sp³-hybridized carbons (Fsp3) is 0.214. The maximum atomic E-state index is 13.1. The van der Waals surface area contributed by atoms with E-state index < -0.39 is 46.4 Å². The van der Waals surface area contributed by atoms with Crippen LogP contribution in [0.15, 0.2) is 113 Å². The van der Waals surface area contributed by atoms with E-state index in [2.05, 4.69) is 20.6 Å². The van der Waals surface area contributed by atoms with Gasteiger partial charge in [0.1, 0.15) is 22.6 Å². The highest BCUT2D eigenvalue weighted by atomic mass is 19.4. The minimum absolute atomic E-state index is 0.0227. The Morgan fingerprint density at radius 1 is 0.683 bits per heavy atom. The van der Waals surface area contributed by atoms with E-state index in [1.165, 1.54) is 69.1 Å². The Balaban J connectivity index is 0.000000230. The third kappa shape index (κ3) is 10.7. The van der Waals surface area contributed by atoms with Gasteiger partial charge in [0, 0.05) is 60.2 Å². The molecule has 0 saturated heterocycles. The lowest BCUT2D eigenvalue weighted by Crippen LogP contribution is -2.34. The topological polar surface area (TPSA) is 149 Å². The first-order valence-electron chi connectivity index (χ1n) is 18.0. The van der Waals surface area contributed by atoms with Crippen molar-refractivity contribution in [1.82, 2.24) is 29.7 Å². The van der Waals surface area contributed by atoms with Gasteiger partial charge in [-0.15, -0.1) is 0 Å². The number of halogens is 6. The molecule has 6 rings (SSSR count). The van der Waals surface area contributed by atoms with E-state index in [1.807, 2.05) is 0 Å². The second-order valence-corrected chi connectivity index (χ2v) is 13.1. The standard InChI is InChI=1S/C23H21F3N2O4.C19H17F3N4O2/c1-14-7-8-20(21(29)27-13-15-9-18(31-2)12-19(10-15)32-3)22(30)28(14)17-6-4-5-16(11-17)23(24,25)26;1-12-5-6-16(17(27)24-8-7-14-10-23-11-25-14)18(28)26(12)15-4-2-3-13(9-15)19(20,21)22/h4-12H,13H2,1-3H3,(H,27,29);2-6,9-11H,7-8H2,1H3,(H,23,25)(H,24,27). The number of amides is 2. The lowest BCUT2D eigenvalue weighted by Gasteiger charge is -2.14. The molecular formula is C42H38F6N6O6. The van der Waals surface area contributed by atoms with Crippen LogP contribution in [0.2, 0.25) is 0 Å². The zero-order valence-corrected chi connectivity index (χ0v) is 32.5. The Morgan fingerprint density at radius 2 is 1.17 bits per heavy atom. The number of nitrogens with zero attached hydrogens (tertiary/aromatic N) is 3. The number of benzene rings is 3. The fourth-order valence-corrected chi connectivity index (χ4v) is 5.96. The van der Waals surface area contributed by atoms with Crippen LogP contribution < -0.4 is 31.2 Å². The number of alkyl halides is 6. The maximum Gasteiger partial charge on any atom is 0.416 e. The predicted molar refractivity (Wildman–Crippen MR) is 209 cm³/mol. The zero-order valence-electron chi connectivity index (χ0n) is 32.5. The molecule has 0 atom stereocenters. The number of ether oxygens (including phenoxy) is 2. The van der Waals surface area contributed by atoms with Gasteiger partial charge in [0.05, 0.1) is 31.7 Å². The molecule has 0 aliphatic heterocycles. The van der Waals surface area contributed by atoms with Crippen molar-refractivity contribution in [2.24, 2.45) is 0 Å². The highest BCUT2D eigenvalue weighted by molar-refractivity contribution is 5.94. The van der Waals surface area contributed by atoms with Gasteiger partial charge in [-0.05, 0) is 92.2 Å². The summed E-state index contributed by atoms with van der Waals surface area (Å²) in [5, 5.41) is 5.28. The number of hydrogen-bond donors (Lipinski definition) is 3. The number of nitrogens with one attached hydrogen (secondary N) is 3. The molecule has 0 saturated carbocycles. The van der Waals surface area contributed by atoms with Crippen LogP contribution in [0.4, 0.5) is 26.3 Å². The van der Waals surface area contributed by atoms with E-state index in [-0.39, 0.29) is 35.6 Å². The number of aryl methyl sites for hydroxylation is 2. The van der Waals surface area contributed by atoms with Gasteiger partial charge in [-0.3, -0.25) is 28.3 Å². The molecule has 0 aliphatic carbocycles. The third-order valence-corrected chi connectivity index (χ3v) is 9.01. The molecule has 0 spiro atoms. The van der Waals surface area contributed by atoms with Crippen LogP contribution in [0.25, 0.3) is 11.4 Å². The fourth-order valence-electron chi connectivity index (χ4n) is 5.96. The van der Waals surface area contributed by atoms with Crippen molar-refractivity contribution >= 4 is 11.8 Å². The van der Waals surface area contributed by atoms with Gasteiger partial charge >= 0.3 is 12.4 Å². The van der Waals surface area contributed by atoms with Crippen molar-refractivity contribution in [1.29, 1.82) is 0 Å². The van der Waals surface area contributed by atoms with Crippen LogP contribution in [-0.4, -0.2) is 51.7 Å². The van der Waals surface area contributed by atoms with Gasteiger partial charge in [0.25, 0.3) is 22.9 Å². The Morgan fingerprint density at radius 3 is 1.60 bits per heavy atom. The maximum absolute atomic E-state index is 13.1. The Labute approximate surface area is 338 Å². The molecule has 0 fully saturated rings. The number of pyridine rings is 2. The van der Waals surface area contributed by atoms with Gasteiger partial charge in [0.15, 0.2) is 0 Å². The molecule has 0 unspecified atom stereocenters. The molecule has 3 N–H and O–H groups in total. The first-order valence-corrected chi connectivity index (χ1v) is 18.0. The molecule has 60 heavy (non-hydrogen) atoms. The molecule has 3 aromatic heterocycles. The van der Waals surface area contributed by atoms with E-state index in [1.54, 1.807) is 38.2 Å². The first-order chi connectivity index (χ1) is 28.4. The number of H-pyrrole nitrogens is 1. The first kappa shape index (κ1) is 44.0. The van der Waals surface area contributed by atoms with Gasteiger partial charge < -0.3 is 25.1 Å². The summed E-state index contributed by atoms with van der Waals surface area (Å²) >= 11 is 0. The van der Waals surface area contributed by atoms with E-state index in [0.29, 0.717) is 34.9 Å². The monoisotopic (exact) mass is 836 g/mol. The van der Waals surface area contributed by atoms with Crippen molar-refractivity contribution in [2.45, 2.75) is 39.2 Å². The molecule has 0 bridgehead atoms. The normalized spacial score (nSPS) is 11.3. The quantitative estimate of drug-likeness (QED) is 0.119. The third-order valence-electron chi connectivity index (χ3n) is 9.01. The average molecular weight is 837 g/mol. The number of rotatable bonds is 11. The molecule has 0 radical (unpaired) electrons. The summed E-state index contributed by atoms with van der Waals surface area (Å²) in [4.78, 5) is 57.6. The van der Waals surface area contributed by atoms with Gasteiger partial charge in [-0.1, -0.05) is 12.1 Å². The summed E-state index contributed by atoms with van der Waals surface area (Å²) in [5.74, 6) is -0.172. The molecule has 6 aromatic rings. The largest absolute Gasteiger partial charge is 0.497 e. The van der Waals surface area contributed by atoms with Crippen LogP contribution in [0.3, 0.4) is 0 Å². The predicted octanol–water partition coefficient (Wildman–Crippen LogP) is 6.97. The second-order valence-electron chi connectivity index (χ2n) is 13.1. The van der Waals surface area contributed by atoms with Crippen LogP contribution >= 0.6 is 0 Å². The number of carbonyl (C=O) groups is 2. The summed E-state index contributed by atoms with van der Waals surface area (Å²) in [6.45, 7) is 3.52. The molecule has 2 amide bonds. The van der Waals surface area contributed by atoms with Gasteiger partial charge in [0.2, 0.25) is 0 Å². The van der Waals surface area contributed by atoms with Crippen LogP contribution in [0, 0.1) is 13.8 Å². The van der Waals surface area contributed by atoms with E-state index in [9.17, 15) is 45.5 Å². The SMILES string of the molecule is COc1cc(CNC(=O)c2ccc(C)n(-c3cccc(C(F)(F)F)c3)c2=O)cc(OC)c1.Cc1ccc(C(=O)NCCc2cnc[nH]2)c(=O)n1-c1cccc(C(F)(F)F)c1. The summed E-state index contributed by atoms with van der Waals surface area (Å²) in [7, 11) is 3.00. The van der Waals surface area contributed by atoms with Crippen molar-refractivity contribution in [3.05, 3.63) is 169 Å².